The van der Waals surface area contributed by atoms with Crippen molar-refractivity contribution in [3.63, 3.8) is 0 Å². The predicted molar refractivity (Wildman–Crippen MR) is 63.8 cm³/mol. The SMILES string of the molecule is COc1ccc(C(=O)NC2CNC2)cc1[N+](=O)[O-]. The number of amides is 1. The molecule has 1 amide bonds. The molecule has 0 aromatic heterocycles. The zero-order valence-electron chi connectivity index (χ0n) is 9.80. The van der Waals surface area contributed by atoms with Gasteiger partial charge in [-0.05, 0) is 12.1 Å². The third-order valence-electron chi connectivity index (χ3n) is 2.75. The van der Waals surface area contributed by atoms with E-state index < -0.39 is 4.92 Å². The molecule has 1 saturated heterocycles. The zero-order valence-corrected chi connectivity index (χ0v) is 9.80. The zero-order chi connectivity index (χ0) is 13.1. The summed E-state index contributed by atoms with van der Waals surface area (Å²) in [5.41, 5.74) is 0.0475. The Morgan fingerprint density at radius 1 is 1.56 bits per heavy atom. The topological polar surface area (TPSA) is 93.5 Å². The van der Waals surface area contributed by atoms with Gasteiger partial charge in [0.1, 0.15) is 0 Å². The smallest absolute Gasteiger partial charge is 0.311 e. The van der Waals surface area contributed by atoms with Crippen molar-refractivity contribution < 1.29 is 14.5 Å². The van der Waals surface area contributed by atoms with Gasteiger partial charge in [-0.1, -0.05) is 0 Å². The highest BCUT2D eigenvalue weighted by molar-refractivity contribution is 5.95. The monoisotopic (exact) mass is 251 g/mol. The summed E-state index contributed by atoms with van der Waals surface area (Å²) in [5.74, 6) is -0.172. The second kappa shape index (κ2) is 5.01. The number of hydrogen-bond donors (Lipinski definition) is 2. The normalized spacial score (nSPS) is 14.7. The van der Waals surface area contributed by atoms with E-state index in [1.165, 1.54) is 25.3 Å². The first kappa shape index (κ1) is 12.3. The maximum atomic E-state index is 11.8. The van der Waals surface area contributed by atoms with Crippen LogP contribution in [0.4, 0.5) is 5.69 Å². The lowest BCUT2D eigenvalue weighted by Gasteiger charge is -2.27. The highest BCUT2D eigenvalue weighted by Gasteiger charge is 2.22. The Balaban J connectivity index is 2.19. The first-order valence-corrected chi connectivity index (χ1v) is 5.46. The van der Waals surface area contributed by atoms with Gasteiger partial charge in [-0.15, -0.1) is 0 Å². The van der Waals surface area contributed by atoms with E-state index in [1.807, 2.05) is 0 Å². The van der Waals surface area contributed by atoms with Gasteiger partial charge in [0.15, 0.2) is 5.75 Å². The molecule has 0 saturated carbocycles. The van der Waals surface area contributed by atoms with Crippen LogP contribution in [0.5, 0.6) is 5.75 Å². The number of carbonyl (C=O) groups excluding carboxylic acids is 1. The summed E-state index contributed by atoms with van der Waals surface area (Å²) in [4.78, 5) is 22.1. The molecule has 7 nitrogen and oxygen atoms in total. The van der Waals surface area contributed by atoms with Crippen LogP contribution >= 0.6 is 0 Å². The molecule has 18 heavy (non-hydrogen) atoms. The molecule has 0 aliphatic carbocycles. The molecule has 1 aromatic rings. The average Bonchev–Trinajstić information content (AvgIpc) is 2.32. The Bertz CT molecular complexity index is 485. The van der Waals surface area contributed by atoms with E-state index in [9.17, 15) is 14.9 Å². The minimum absolute atomic E-state index is 0.0960. The second-order valence-electron chi connectivity index (χ2n) is 3.97. The van der Waals surface area contributed by atoms with Crippen LogP contribution in [-0.4, -0.2) is 37.1 Å². The van der Waals surface area contributed by atoms with E-state index in [1.54, 1.807) is 0 Å². The van der Waals surface area contributed by atoms with E-state index in [0.717, 1.165) is 13.1 Å². The lowest BCUT2D eigenvalue weighted by Crippen LogP contribution is -2.56. The molecule has 1 fully saturated rings. The summed E-state index contributed by atoms with van der Waals surface area (Å²) in [6, 6.07) is 4.25. The van der Waals surface area contributed by atoms with Crippen LogP contribution in [0, 0.1) is 10.1 Å². The summed E-state index contributed by atoms with van der Waals surface area (Å²) in [7, 11) is 1.35. The number of benzene rings is 1. The van der Waals surface area contributed by atoms with Crippen molar-refractivity contribution in [3.05, 3.63) is 33.9 Å². The van der Waals surface area contributed by atoms with Crippen LogP contribution in [0.25, 0.3) is 0 Å². The van der Waals surface area contributed by atoms with Gasteiger partial charge in [-0.2, -0.15) is 0 Å². The van der Waals surface area contributed by atoms with Gasteiger partial charge in [0.05, 0.1) is 18.1 Å². The molecule has 96 valence electrons. The minimum Gasteiger partial charge on any atom is -0.490 e. The Labute approximate surface area is 103 Å². The van der Waals surface area contributed by atoms with Crippen molar-refractivity contribution in [3.8, 4) is 5.75 Å². The van der Waals surface area contributed by atoms with Gasteiger partial charge >= 0.3 is 5.69 Å². The van der Waals surface area contributed by atoms with Gasteiger partial charge in [-0.25, -0.2) is 0 Å². The van der Waals surface area contributed by atoms with Gasteiger partial charge in [-0.3, -0.25) is 14.9 Å². The van der Waals surface area contributed by atoms with Crippen molar-refractivity contribution in [2.45, 2.75) is 6.04 Å². The molecule has 1 aromatic carbocycles. The fraction of sp³-hybridized carbons (Fsp3) is 0.364. The number of nitrogens with zero attached hydrogens (tertiary/aromatic N) is 1. The Kier molecular flexibility index (Phi) is 3.42. The van der Waals surface area contributed by atoms with Crippen molar-refractivity contribution in [2.24, 2.45) is 0 Å². The van der Waals surface area contributed by atoms with Crippen LogP contribution in [-0.2, 0) is 0 Å². The lowest BCUT2D eigenvalue weighted by atomic mass is 10.1. The molecule has 2 N–H and O–H groups in total. The highest BCUT2D eigenvalue weighted by atomic mass is 16.6. The number of nitro groups is 1. The number of methoxy groups -OCH3 is 1. The number of carbonyl (C=O) groups is 1. The summed E-state index contributed by atoms with van der Waals surface area (Å²) < 4.78 is 4.87. The van der Waals surface area contributed by atoms with E-state index >= 15 is 0 Å². The number of rotatable bonds is 4. The maximum absolute atomic E-state index is 11.8. The van der Waals surface area contributed by atoms with Crippen LogP contribution in [0.2, 0.25) is 0 Å². The maximum Gasteiger partial charge on any atom is 0.311 e. The van der Waals surface area contributed by atoms with E-state index in [2.05, 4.69) is 10.6 Å². The van der Waals surface area contributed by atoms with Crippen molar-refractivity contribution >= 4 is 11.6 Å². The van der Waals surface area contributed by atoms with Gasteiger partial charge in [0, 0.05) is 24.7 Å². The molecule has 0 radical (unpaired) electrons. The van der Waals surface area contributed by atoms with Crippen LogP contribution in [0.15, 0.2) is 18.2 Å². The minimum atomic E-state index is -0.569. The van der Waals surface area contributed by atoms with E-state index in [0.29, 0.717) is 0 Å². The molecule has 0 atom stereocenters. The molecule has 0 unspecified atom stereocenters. The summed E-state index contributed by atoms with van der Waals surface area (Å²) in [6.45, 7) is 1.45. The van der Waals surface area contributed by atoms with Crippen molar-refractivity contribution in [1.29, 1.82) is 0 Å². The molecule has 2 rings (SSSR count). The number of nitro benzene ring substituents is 1. The molecule has 1 heterocycles. The molecule has 7 heteroatoms. The third kappa shape index (κ3) is 2.40. The molecular weight excluding hydrogens is 238 g/mol. The third-order valence-corrected chi connectivity index (χ3v) is 2.75. The number of hydrogen-bond acceptors (Lipinski definition) is 5. The molecule has 0 bridgehead atoms. The number of ether oxygens (including phenoxy) is 1. The molecule has 1 aliphatic rings. The standard InChI is InChI=1S/C11H13N3O4/c1-18-10-3-2-7(4-9(10)14(16)17)11(15)13-8-5-12-6-8/h2-4,8,12H,5-6H2,1H3,(H,13,15). The number of nitrogens with one attached hydrogen (secondary N) is 2. The van der Waals surface area contributed by atoms with Crippen molar-refractivity contribution in [1.82, 2.24) is 10.6 Å². The quantitative estimate of drug-likeness (QED) is 0.593. The molecular formula is C11H13N3O4. The van der Waals surface area contributed by atoms with Gasteiger partial charge < -0.3 is 15.4 Å². The van der Waals surface area contributed by atoms with Gasteiger partial charge in [0.25, 0.3) is 5.91 Å². The van der Waals surface area contributed by atoms with E-state index in [-0.39, 0.29) is 28.9 Å². The van der Waals surface area contributed by atoms with Crippen LogP contribution < -0.4 is 15.4 Å². The van der Waals surface area contributed by atoms with Crippen LogP contribution in [0.3, 0.4) is 0 Å². The van der Waals surface area contributed by atoms with Crippen molar-refractivity contribution in [2.75, 3.05) is 20.2 Å². The fourth-order valence-corrected chi connectivity index (χ4v) is 1.63. The van der Waals surface area contributed by atoms with Gasteiger partial charge in [0.2, 0.25) is 0 Å². The predicted octanol–water partition coefficient (Wildman–Crippen LogP) is 0.305. The van der Waals surface area contributed by atoms with Crippen LogP contribution in [0.1, 0.15) is 10.4 Å². The first-order valence-electron chi connectivity index (χ1n) is 5.46. The Hall–Kier alpha value is -2.15. The first-order chi connectivity index (χ1) is 8.61. The highest BCUT2D eigenvalue weighted by Crippen LogP contribution is 2.27. The average molecular weight is 251 g/mol. The lowest BCUT2D eigenvalue weighted by molar-refractivity contribution is -0.385. The second-order valence-corrected chi connectivity index (χ2v) is 3.97. The van der Waals surface area contributed by atoms with E-state index in [4.69, 9.17) is 4.74 Å². The largest absolute Gasteiger partial charge is 0.490 e. The molecule has 0 spiro atoms. The Morgan fingerprint density at radius 3 is 2.78 bits per heavy atom. The summed E-state index contributed by atoms with van der Waals surface area (Å²) in [5, 5.41) is 16.6. The fourth-order valence-electron chi connectivity index (χ4n) is 1.63. The summed E-state index contributed by atoms with van der Waals surface area (Å²) >= 11 is 0. The Morgan fingerprint density at radius 2 is 2.28 bits per heavy atom. The summed E-state index contributed by atoms with van der Waals surface area (Å²) in [6.07, 6.45) is 0. The molecule has 1 aliphatic heterocycles.